The maximum atomic E-state index is 12.4. The van der Waals surface area contributed by atoms with E-state index in [1.165, 1.54) is 58.3 Å². The van der Waals surface area contributed by atoms with Crippen molar-refractivity contribution < 1.29 is 9.59 Å². The van der Waals surface area contributed by atoms with Gasteiger partial charge in [-0.3, -0.25) is 9.59 Å². The highest BCUT2D eigenvalue weighted by atomic mass is 35.6. The second kappa shape index (κ2) is 16.4. The third kappa shape index (κ3) is 14.1. The molecule has 0 unspecified atom stereocenters. The fraction of sp³-hybridized carbons (Fsp3) is 0.667. The van der Waals surface area contributed by atoms with Crippen molar-refractivity contribution in [1.82, 2.24) is 5.32 Å². The number of alkyl halides is 3. The molecule has 0 saturated carbocycles. The van der Waals surface area contributed by atoms with Crippen LogP contribution < -0.4 is 16.0 Å². The number of unbranched alkanes of at least 4 members (excludes halogenated alkanes) is 10. The van der Waals surface area contributed by atoms with Crippen LogP contribution in [0, 0.1) is 0 Å². The van der Waals surface area contributed by atoms with E-state index in [1.54, 1.807) is 24.3 Å². The molecule has 5 nitrogen and oxygen atoms in total. The first-order chi connectivity index (χ1) is 15.2. The molecule has 0 aliphatic rings. The van der Waals surface area contributed by atoms with Crippen molar-refractivity contribution in [2.75, 3.05) is 10.6 Å². The Labute approximate surface area is 208 Å². The summed E-state index contributed by atoms with van der Waals surface area (Å²) >= 11 is 18.2. The van der Waals surface area contributed by atoms with Crippen LogP contribution >= 0.6 is 34.8 Å². The molecular weight excluding hydrogens is 469 g/mol. The summed E-state index contributed by atoms with van der Waals surface area (Å²) < 4.78 is -1.72. The van der Waals surface area contributed by atoms with Crippen LogP contribution in [0.1, 0.15) is 90.9 Å². The van der Waals surface area contributed by atoms with E-state index < -0.39 is 9.96 Å². The molecule has 3 N–H and O–H groups in total. The quantitative estimate of drug-likeness (QED) is 0.123. The maximum Gasteiger partial charge on any atom is 0.228 e. The Morgan fingerprint density at radius 1 is 0.812 bits per heavy atom. The zero-order valence-corrected chi connectivity index (χ0v) is 21.6. The third-order valence-corrected chi connectivity index (χ3v) is 5.81. The molecule has 0 saturated heterocycles. The minimum Gasteiger partial charge on any atom is -0.362 e. The lowest BCUT2D eigenvalue weighted by Gasteiger charge is -2.27. The molecule has 0 aromatic heterocycles. The van der Waals surface area contributed by atoms with E-state index in [2.05, 4.69) is 22.9 Å². The van der Waals surface area contributed by atoms with E-state index in [0.29, 0.717) is 17.8 Å². The number of rotatable bonds is 16. The van der Waals surface area contributed by atoms with Crippen molar-refractivity contribution in [3.63, 3.8) is 0 Å². The summed E-state index contributed by atoms with van der Waals surface area (Å²) in [4.78, 5) is 23.5. The van der Waals surface area contributed by atoms with Crippen LogP contribution in [-0.4, -0.2) is 21.8 Å². The first-order valence-electron chi connectivity index (χ1n) is 11.7. The number of carbonyl (C=O) groups is 2. The number of anilines is 2. The van der Waals surface area contributed by atoms with Gasteiger partial charge in [0.15, 0.2) is 0 Å². The predicted molar refractivity (Wildman–Crippen MR) is 138 cm³/mol. The van der Waals surface area contributed by atoms with Gasteiger partial charge in [-0.25, -0.2) is 0 Å². The van der Waals surface area contributed by atoms with Crippen LogP contribution in [0.25, 0.3) is 0 Å². The normalized spacial score (nSPS) is 12.3. The summed E-state index contributed by atoms with van der Waals surface area (Å²) in [5.74, 6) is -0.306. The number of hydrogen-bond acceptors (Lipinski definition) is 3. The molecule has 1 aromatic carbocycles. The van der Waals surface area contributed by atoms with Gasteiger partial charge in [0.1, 0.15) is 6.17 Å². The summed E-state index contributed by atoms with van der Waals surface area (Å²) in [6, 6.07) is 6.94. The molecule has 8 heteroatoms. The highest BCUT2D eigenvalue weighted by molar-refractivity contribution is 6.68. The third-order valence-electron chi connectivity index (χ3n) is 5.16. The van der Waals surface area contributed by atoms with Crippen LogP contribution in [0.2, 0.25) is 0 Å². The molecule has 2 amide bonds. The van der Waals surface area contributed by atoms with Crippen LogP contribution in [0.5, 0.6) is 0 Å². The van der Waals surface area contributed by atoms with Gasteiger partial charge in [0, 0.05) is 24.7 Å². The zero-order chi connectivity index (χ0) is 23.8. The fourth-order valence-corrected chi connectivity index (χ4v) is 3.73. The van der Waals surface area contributed by atoms with Crippen LogP contribution in [-0.2, 0) is 9.59 Å². The molecule has 0 aliphatic carbocycles. The van der Waals surface area contributed by atoms with Gasteiger partial charge in [-0.05, 0) is 30.7 Å². The van der Waals surface area contributed by atoms with Crippen LogP contribution in [0.4, 0.5) is 11.4 Å². The van der Waals surface area contributed by atoms with Crippen molar-refractivity contribution in [3.8, 4) is 0 Å². The van der Waals surface area contributed by atoms with Crippen LogP contribution in [0.3, 0.4) is 0 Å². The van der Waals surface area contributed by atoms with Gasteiger partial charge >= 0.3 is 0 Å². The van der Waals surface area contributed by atoms with Crippen molar-refractivity contribution >= 4 is 58.0 Å². The smallest absolute Gasteiger partial charge is 0.228 e. The van der Waals surface area contributed by atoms with Crippen molar-refractivity contribution in [3.05, 3.63) is 24.3 Å². The molecule has 182 valence electrons. The molecule has 0 heterocycles. The van der Waals surface area contributed by atoms with Crippen LogP contribution in [0.15, 0.2) is 24.3 Å². The first kappa shape index (κ1) is 28.9. The molecule has 0 fully saturated rings. The van der Waals surface area contributed by atoms with Gasteiger partial charge in [0.25, 0.3) is 0 Å². The summed E-state index contributed by atoms with van der Waals surface area (Å²) in [5, 5.41) is 8.49. The van der Waals surface area contributed by atoms with Crippen molar-refractivity contribution in [2.24, 2.45) is 0 Å². The standard InChI is InChI=1S/C24H38Cl3N3O2/c1-3-4-5-6-7-8-9-10-11-12-13-14-22(32)30-23(24(25,26)27)29-21-17-15-20(16-18-21)28-19(2)31/h15-18,23,29H,3-14H2,1-2H3,(H,28,31)(H,30,32)/t23-/m1/s1. The lowest BCUT2D eigenvalue weighted by atomic mass is 10.1. The Morgan fingerprint density at radius 2 is 1.28 bits per heavy atom. The van der Waals surface area contributed by atoms with Gasteiger partial charge in [-0.1, -0.05) is 106 Å². The number of nitrogens with one attached hydrogen (secondary N) is 3. The van der Waals surface area contributed by atoms with Gasteiger partial charge < -0.3 is 16.0 Å². The summed E-state index contributed by atoms with van der Waals surface area (Å²) in [6.07, 6.45) is 13.0. The number of hydrogen-bond donors (Lipinski definition) is 3. The van der Waals surface area contributed by atoms with E-state index >= 15 is 0 Å². The largest absolute Gasteiger partial charge is 0.362 e. The average molecular weight is 507 g/mol. The molecular formula is C24H38Cl3N3O2. The number of carbonyl (C=O) groups excluding carboxylic acids is 2. The topological polar surface area (TPSA) is 70.2 Å². The predicted octanol–water partition coefficient (Wildman–Crippen LogP) is 7.57. The van der Waals surface area contributed by atoms with E-state index in [9.17, 15) is 9.59 Å². The van der Waals surface area contributed by atoms with Gasteiger partial charge in [0.05, 0.1) is 0 Å². The monoisotopic (exact) mass is 505 g/mol. The van der Waals surface area contributed by atoms with E-state index in [-0.39, 0.29) is 11.8 Å². The Kier molecular flexibility index (Phi) is 14.8. The van der Waals surface area contributed by atoms with Gasteiger partial charge in [-0.2, -0.15) is 0 Å². The molecule has 1 atom stereocenters. The first-order valence-corrected chi connectivity index (χ1v) is 12.9. The minimum absolute atomic E-state index is 0.153. The number of halogens is 3. The van der Waals surface area contributed by atoms with Gasteiger partial charge in [0.2, 0.25) is 15.6 Å². The SMILES string of the molecule is CCCCCCCCCCCCCC(=O)N[C@@H](Nc1ccc(NC(C)=O)cc1)C(Cl)(Cl)Cl. The van der Waals surface area contributed by atoms with Crippen molar-refractivity contribution in [2.45, 2.75) is 101 Å². The summed E-state index contributed by atoms with van der Waals surface area (Å²) in [6.45, 7) is 3.68. The molecule has 0 radical (unpaired) electrons. The molecule has 0 spiro atoms. The van der Waals surface area contributed by atoms with Crippen molar-refractivity contribution in [1.29, 1.82) is 0 Å². The fourth-order valence-electron chi connectivity index (χ4n) is 3.40. The lowest BCUT2D eigenvalue weighted by Crippen LogP contribution is -2.49. The van der Waals surface area contributed by atoms with E-state index in [4.69, 9.17) is 34.8 Å². The molecule has 1 aromatic rings. The molecule has 0 bridgehead atoms. The second-order valence-electron chi connectivity index (χ2n) is 8.23. The molecule has 1 rings (SSSR count). The number of benzene rings is 1. The molecule has 0 aliphatic heterocycles. The minimum atomic E-state index is -1.72. The Morgan fingerprint density at radius 3 is 1.75 bits per heavy atom. The lowest BCUT2D eigenvalue weighted by molar-refractivity contribution is -0.121. The summed E-state index contributed by atoms with van der Waals surface area (Å²) in [7, 11) is 0. The Bertz CT molecular complexity index is 663. The Hall–Kier alpha value is -1.17. The Balaban J connectivity index is 2.29. The number of amides is 2. The zero-order valence-electron chi connectivity index (χ0n) is 19.3. The highest BCUT2D eigenvalue weighted by Gasteiger charge is 2.33. The molecule has 32 heavy (non-hydrogen) atoms. The van der Waals surface area contributed by atoms with Gasteiger partial charge in [-0.15, -0.1) is 0 Å². The highest BCUT2D eigenvalue weighted by Crippen LogP contribution is 2.31. The van der Waals surface area contributed by atoms with E-state index in [1.807, 2.05) is 0 Å². The summed E-state index contributed by atoms with van der Waals surface area (Å²) in [5.41, 5.74) is 1.32. The average Bonchev–Trinajstić information content (AvgIpc) is 2.72. The van der Waals surface area contributed by atoms with E-state index in [0.717, 1.165) is 19.3 Å². The maximum absolute atomic E-state index is 12.4. The second-order valence-corrected chi connectivity index (χ2v) is 10.6.